The first-order valence-electron chi connectivity index (χ1n) is 8.93. The van der Waals surface area contributed by atoms with Crippen molar-refractivity contribution in [2.24, 2.45) is 0 Å². The highest BCUT2D eigenvalue weighted by molar-refractivity contribution is 6.33. The van der Waals surface area contributed by atoms with E-state index in [0.29, 0.717) is 32.7 Å². The van der Waals surface area contributed by atoms with Gasteiger partial charge in [-0.05, 0) is 29.8 Å². The molecule has 0 saturated heterocycles. The van der Waals surface area contributed by atoms with Crippen molar-refractivity contribution in [1.82, 2.24) is 15.0 Å². The van der Waals surface area contributed by atoms with Gasteiger partial charge >= 0.3 is 0 Å². The van der Waals surface area contributed by atoms with Crippen LogP contribution in [0.3, 0.4) is 0 Å². The summed E-state index contributed by atoms with van der Waals surface area (Å²) in [6.07, 6.45) is 0. The summed E-state index contributed by atoms with van der Waals surface area (Å²) in [5.41, 5.74) is 10.2. The van der Waals surface area contributed by atoms with Crippen molar-refractivity contribution in [3.05, 3.63) is 70.5 Å². The van der Waals surface area contributed by atoms with Crippen LogP contribution in [-0.2, 0) is 0 Å². The Morgan fingerprint density at radius 1 is 0.857 bits per heavy atom. The molecule has 0 spiro atoms. The fraction of sp³-hybridized carbons (Fsp3) is 0.136. The topological polar surface area (TPSA) is 64.7 Å². The number of aromatic nitrogens is 3. The third-order valence-corrected chi connectivity index (χ3v) is 5.12. The van der Waals surface area contributed by atoms with E-state index in [0.717, 1.165) is 22.4 Å². The number of rotatable bonds is 3. The van der Waals surface area contributed by atoms with Crippen molar-refractivity contribution >= 4 is 40.1 Å². The van der Waals surface area contributed by atoms with Crippen molar-refractivity contribution in [2.45, 2.75) is 19.8 Å². The molecule has 2 aromatic carbocycles. The third kappa shape index (κ3) is 3.41. The van der Waals surface area contributed by atoms with Gasteiger partial charge < -0.3 is 5.73 Å². The van der Waals surface area contributed by atoms with Crippen LogP contribution in [0.15, 0.2) is 54.6 Å². The van der Waals surface area contributed by atoms with E-state index >= 15 is 0 Å². The van der Waals surface area contributed by atoms with Crippen LogP contribution >= 0.6 is 23.2 Å². The molecule has 28 heavy (non-hydrogen) atoms. The van der Waals surface area contributed by atoms with Gasteiger partial charge in [-0.3, -0.25) is 0 Å². The Bertz CT molecular complexity index is 1170. The number of hydrogen-bond donors (Lipinski definition) is 1. The van der Waals surface area contributed by atoms with E-state index < -0.39 is 0 Å². The SMILES string of the molecule is CC(C)c1nc(N)c2cc(-c3ccc(Cl)cc3)c(-c3ccccc3Cl)nc2n1. The molecule has 0 aliphatic carbocycles. The monoisotopic (exact) mass is 408 g/mol. The van der Waals surface area contributed by atoms with Gasteiger partial charge in [-0.15, -0.1) is 0 Å². The van der Waals surface area contributed by atoms with E-state index in [1.54, 1.807) is 0 Å². The smallest absolute Gasteiger partial charge is 0.165 e. The molecular formula is C22H18Cl2N4. The molecule has 0 aliphatic rings. The molecule has 0 fully saturated rings. The highest BCUT2D eigenvalue weighted by Gasteiger charge is 2.17. The minimum absolute atomic E-state index is 0.146. The van der Waals surface area contributed by atoms with Crippen LogP contribution in [-0.4, -0.2) is 15.0 Å². The molecule has 0 atom stereocenters. The first-order chi connectivity index (χ1) is 13.4. The summed E-state index contributed by atoms with van der Waals surface area (Å²) < 4.78 is 0. The molecule has 4 nitrogen and oxygen atoms in total. The molecule has 4 aromatic rings. The number of anilines is 1. The maximum absolute atomic E-state index is 6.49. The predicted octanol–water partition coefficient (Wildman–Crippen LogP) is 6.37. The molecule has 0 saturated carbocycles. The maximum Gasteiger partial charge on any atom is 0.165 e. The standard InChI is InChI=1S/C22H18Cl2N4/c1-12(2)21-27-20(25)17-11-16(13-7-9-14(23)10-8-13)19(26-22(17)28-21)15-5-3-4-6-18(15)24/h3-12H,1-2H3,(H2,25,26,27,28). The average Bonchev–Trinajstić information content (AvgIpc) is 2.68. The minimum Gasteiger partial charge on any atom is -0.383 e. The van der Waals surface area contributed by atoms with Crippen LogP contribution in [0.25, 0.3) is 33.4 Å². The molecule has 0 bridgehead atoms. The summed E-state index contributed by atoms with van der Waals surface area (Å²) in [6, 6.07) is 17.2. The number of fused-ring (bicyclic) bond motifs is 1. The lowest BCUT2D eigenvalue weighted by Gasteiger charge is -2.14. The summed E-state index contributed by atoms with van der Waals surface area (Å²) in [5, 5.41) is 2.00. The van der Waals surface area contributed by atoms with Gasteiger partial charge in [0.15, 0.2) is 5.65 Å². The maximum atomic E-state index is 6.49. The van der Waals surface area contributed by atoms with Gasteiger partial charge in [-0.2, -0.15) is 0 Å². The fourth-order valence-corrected chi connectivity index (χ4v) is 3.41. The van der Waals surface area contributed by atoms with Gasteiger partial charge in [0.2, 0.25) is 0 Å². The fourth-order valence-electron chi connectivity index (χ4n) is 3.06. The van der Waals surface area contributed by atoms with Crippen LogP contribution in [0.1, 0.15) is 25.6 Å². The Kier molecular flexibility index (Phi) is 4.92. The molecule has 0 aliphatic heterocycles. The minimum atomic E-state index is 0.146. The summed E-state index contributed by atoms with van der Waals surface area (Å²) >= 11 is 12.6. The van der Waals surface area contributed by atoms with Gasteiger partial charge in [0, 0.05) is 27.1 Å². The highest BCUT2D eigenvalue weighted by Crippen LogP contribution is 2.37. The zero-order valence-corrected chi connectivity index (χ0v) is 17.0. The largest absolute Gasteiger partial charge is 0.383 e. The van der Waals surface area contributed by atoms with Crippen LogP contribution in [0, 0.1) is 0 Å². The second-order valence-corrected chi connectivity index (χ2v) is 7.71. The summed E-state index contributed by atoms with van der Waals surface area (Å²) in [4.78, 5) is 13.9. The zero-order chi connectivity index (χ0) is 19.8. The number of nitrogens with zero attached hydrogens (tertiary/aromatic N) is 3. The molecule has 6 heteroatoms. The number of benzene rings is 2. The third-order valence-electron chi connectivity index (χ3n) is 4.53. The number of halogens is 2. The Balaban J connectivity index is 2.06. The first-order valence-corrected chi connectivity index (χ1v) is 9.68. The quantitative estimate of drug-likeness (QED) is 0.427. The first kappa shape index (κ1) is 18.7. The van der Waals surface area contributed by atoms with E-state index in [2.05, 4.69) is 9.97 Å². The molecule has 0 radical (unpaired) electrons. The molecule has 2 aromatic heterocycles. The molecule has 0 amide bonds. The van der Waals surface area contributed by atoms with Crippen LogP contribution in [0.2, 0.25) is 10.0 Å². The van der Waals surface area contributed by atoms with E-state index in [1.165, 1.54) is 0 Å². The molecule has 0 unspecified atom stereocenters. The van der Waals surface area contributed by atoms with E-state index in [-0.39, 0.29) is 5.92 Å². The van der Waals surface area contributed by atoms with Crippen LogP contribution in [0.5, 0.6) is 0 Å². The van der Waals surface area contributed by atoms with Gasteiger partial charge in [-0.25, -0.2) is 15.0 Å². The number of hydrogen-bond acceptors (Lipinski definition) is 4. The van der Waals surface area contributed by atoms with Crippen molar-refractivity contribution in [2.75, 3.05) is 5.73 Å². The average molecular weight is 409 g/mol. The van der Waals surface area contributed by atoms with E-state index in [4.69, 9.17) is 33.9 Å². The predicted molar refractivity (Wildman–Crippen MR) is 117 cm³/mol. The van der Waals surface area contributed by atoms with Gasteiger partial charge in [0.05, 0.1) is 11.1 Å². The lowest BCUT2D eigenvalue weighted by Crippen LogP contribution is -2.05. The van der Waals surface area contributed by atoms with Crippen molar-refractivity contribution in [3.63, 3.8) is 0 Å². The molecule has 2 heterocycles. The van der Waals surface area contributed by atoms with Gasteiger partial charge in [0.25, 0.3) is 0 Å². The molecule has 4 rings (SSSR count). The molecule has 140 valence electrons. The van der Waals surface area contributed by atoms with Crippen molar-refractivity contribution < 1.29 is 0 Å². The van der Waals surface area contributed by atoms with Crippen LogP contribution < -0.4 is 5.73 Å². The second kappa shape index (κ2) is 7.38. The normalized spacial score (nSPS) is 11.3. The lowest BCUT2D eigenvalue weighted by atomic mass is 9.98. The Morgan fingerprint density at radius 2 is 1.57 bits per heavy atom. The summed E-state index contributed by atoms with van der Waals surface area (Å²) in [6.45, 7) is 4.05. The molecule has 2 N–H and O–H groups in total. The van der Waals surface area contributed by atoms with Gasteiger partial charge in [0.1, 0.15) is 11.6 Å². The van der Waals surface area contributed by atoms with E-state index in [1.807, 2.05) is 68.4 Å². The summed E-state index contributed by atoms with van der Waals surface area (Å²) in [5.74, 6) is 1.23. The lowest BCUT2D eigenvalue weighted by molar-refractivity contribution is 0.783. The van der Waals surface area contributed by atoms with Crippen LogP contribution in [0.4, 0.5) is 5.82 Å². The Hall–Kier alpha value is -2.69. The zero-order valence-electron chi connectivity index (χ0n) is 15.4. The molecular weight excluding hydrogens is 391 g/mol. The van der Waals surface area contributed by atoms with Gasteiger partial charge in [-0.1, -0.05) is 67.4 Å². The Morgan fingerprint density at radius 3 is 2.25 bits per heavy atom. The number of nitrogen functional groups attached to an aromatic ring is 1. The summed E-state index contributed by atoms with van der Waals surface area (Å²) in [7, 11) is 0. The Labute approximate surface area is 173 Å². The van der Waals surface area contributed by atoms with E-state index in [9.17, 15) is 0 Å². The second-order valence-electron chi connectivity index (χ2n) is 6.86. The number of nitrogens with two attached hydrogens (primary N) is 1. The van der Waals surface area contributed by atoms with Crippen molar-refractivity contribution in [3.8, 4) is 22.4 Å². The van der Waals surface area contributed by atoms with Crippen molar-refractivity contribution in [1.29, 1.82) is 0 Å². The highest BCUT2D eigenvalue weighted by atomic mass is 35.5. The number of pyridine rings is 1.